The minimum absolute atomic E-state index is 0.0818. The van der Waals surface area contributed by atoms with Gasteiger partial charge in [-0.2, -0.15) is 4.98 Å². The summed E-state index contributed by atoms with van der Waals surface area (Å²) in [4.78, 5) is 26.9. The molecule has 2 N–H and O–H groups in total. The van der Waals surface area contributed by atoms with Crippen LogP contribution in [0.5, 0.6) is 0 Å². The van der Waals surface area contributed by atoms with Crippen LogP contribution in [0.1, 0.15) is 11.7 Å². The summed E-state index contributed by atoms with van der Waals surface area (Å²) in [5.74, 6) is 0.595. The second-order valence-electron chi connectivity index (χ2n) is 3.46. The number of nitrogens with zero attached hydrogens (tertiary/aromatic N) is 4. The molecule has 0 saturated heterocycles. The van der Waals surface area contributed by atoms with Gasteiger partial charge in [-0.05, 0) is 0 Å². The van der Waals surface area contributed by atoms with Gasteiger partial charge < -0.3 is 19.4 Å². The minimum atomic E-state index is -0.630. The zero-order valence-electron chi connectivity index (χ0n) is 9.16. The minimum Gasteiger partial charge on any atom is -0.338 e. The molecule has 8 nitrogen and oxygen atoms in total. The first-order valence-electron chi connectivity index (χ1n) is 4.89. The van der Waals surface area contributed by atoms with E-state index in [0.717, 1.165) is 0 Å². The highest BCUT2D eigenvalue weighted by Gasteiger charge is 2.08. The van der Waals surface area contributed by atoms with Crippen molar-refractivity contribution >= 4 is 0 Å². The maximum absolute atomic E-state index is 11.6. The molecule has 0 atom stereocenters. The quantitative estimate of drug-likeness (QED) is 0.646. The van der Waals surface area contributed by atoms with Gasteiger partial charge >= 0.3 is 11.1 Å². The zero-order chi connectivity index (χ0) is 12.4. The van der Waals surface area contributed by atoms with Crippen molar-refractivity contribution in [2.24, 2.45) is 12.8 Å². The molecule has 0 spiro atoms. The maximum atomic E-state index is 11.6. The number of aromatic nitrogens is 4. The molecule has 0 fully saturated rings. The molecular weight excluding hydrogens is 226 g/mol. The van der Waals surface area contributed by atoms with Gasteiger partial charge in [0.2, 0.25) is 5.89 Å². The van der Waals surface area contributed by atoms with E-state index in [2.05, 4.69) is 10.1 Å². The van der Waals surface area contributed by atoms with Crippen LogP contribution >= 0.6 is 0 Å². The van der Waals surface area contributed by atoms with E-state index in [4.69, 9.17) is 10.3 Å². The number of hydrogen-bond donors (Lipinski definition) is 1. The van der Waals surface area contributed by atoms with E-state index in [1.165, 1.54) is 28.6 Å². The summed E-state index contributed by atoms with van der Waals surface area (Å²) in [6.07, 6.45) is 2.98. The van der Waals surface area contributed by atoms with Gasteiger partial charge in [-0.3, -0.25) is 9.59 Å². The Morgan fingerprint density at radius 2 is 2.12 bits per heavy atom. The van der Waals surface area contributed by atoms with Crippen LogP contribution in [-0.2, 0) is 20.1 Å². The number of hydrogen-bond acceptors (Lipinski definition) is 6. The highest BCUT2D eigenvalue weighted by atomic mass is 16.5. The Morgan fingerprint density at radius 1 is 1.35 bits per heavy atom. The third kappa shape index (κ3) is 2.16. The molecule has 0 amide bonds. The largest absolute Gasteiger partial charge is 0.338 e. The van der Waals surface area contributed by atoms with Crippen molar-refractivity contribution in [3.05, 3.63) is 44.8 Å². The molecular formula is C9H11N5O3. The standard InChI is InChI=1S/C9H11N5O3/c1-13-2-3-14(9(16)8(13)15)5-6-11-7(4-10)17-12-6/h2-3H,4-5,10H2,1H3. The van der Waals surface area contributed by atoms with Crippen molar-refractivity contribution in [2.45, 2.75) is 13.1 Å². The molecule has 0 radical (unpaired) electrons. The topological polar surface area (TPSA) is 109 Å². The second kappa shape index (κ2) is 4.34. The van der Waals surface area contributed by atoms with E-state index in [-0.39, 0.29) is 19.0 Å². The van der Waals surface area contributed by atoms with Crippen LogP contribution in [0.15, 0.2) is 26.5 Å². The fourth-order valence-corrected chi connectivity index (χ4v) is 1.30. The van der Waals surface area contributed by atoms with Crippen LogP contribution in [0.25, 0.3) is 0 Å². The first-order chi connectivity index (χ1) is 8.11. The van der Waals surface area contributed by atoms with Crippen molar-refractivity contribution in [1.82, 2.24) is 19.3 Å². The molecule has 0 saturated carbocycles. The summed E-state index contributed by atoms with van der Waals surface area (Å²) in [5, 5.41) is 3.64. The number of aryl methyl sites for hydroxylation is 1. The third-order valence-electron chi connectivity index (χ3n) is 2.23. The van der Waals surface area contributed by atoms with Crippen LogP contribution < -0.4 is 16.9 Å². The number of rotatable bonds is 3. The summed E-state index contributed by atoms with van der Waals surface area (Å²) in [5.41, 5.74) is 4.08. The molecule has 0 aliphatic heterocycles. The lowest BCUT2D eigenvalue weighted by Crippen LogP contribution is -2.39. The Hall–Kier alpha value is -2.22. The van der Waals surface area contributed by atoms with Crippen molar-refractivity contribution in [2.75, 3.05) is 0 Å². The molecule has 0 aromatic carbocycles. The molecule has 2 rings (SSSR count). The Bertz CT molecular complexity index is 639. The van der Waals surface area contributed by atoms with Crippen LogP contribution in [0.4, 0.5) is 0 Å². The Morgan fingerprint density at radius 3 is 2.76 bits per heavy atom. The molecule has 0 unspecified atom stereocenters. The Labute approximate surface area is 95.3 Å². The van der Waals surface area contributed by atoms with Gasteiger partial charge in [0.1, 0.15) is 0 Å². The molecule has 0 bridgehead atoms. The van der Waals surface area contributed by atoms with E-state index in [9.17, 15) is 9.59 Å². The van der Waals surface area contributed by atoms with Gasteiger partial charge in [-0.25, -0.2) is 0 Å². The van der Waals surface area contributed by atoms with E-state index < -0.39 is 11.1 Å². The van der Waals surface area contributed by atoms with Crippen molar-refractivity contribution < 1.29 is 4.52 Å². The van der Waals surface area contributed by atoms with Gasteiger partial charge in [-0.15, -0.1) is 0 Å². The molecule has 90 valence electrons. The Kier molecular flexibility index (Phi) is 2.88. The lowest BCUT2D eigenvalue weighted by atomic mass is 10.5. The van der Waals surface area contributed by atoms with E-state index in [1.807, 2.05) is 0 Å². The smallest absolute Gasteiger partial charge is 0.316 e. The maximum Gasteiger partial charge on any atom is 0.316 e. The molecule has 2 heterocycles. The highest BCUT2D eigenvalue weighted by Crippen LogP contribution is 1.97. The van der Waals surface area contributed by atoms with Crippen LogP contribution in [0.2, 0.25) is 0 Å². The predicted octanol–water partition coefficient (Wildman–Crippen LogP) is -1.56. The van der Waals surface area contributed by atoms with Crippen LogP contribution in [0.3, 0.4) is 0 Å². The monoisotopic (exact) mass is 237 g/mol. The SMILES string of the molecule is Cn1ccn(Cc2noc(CN)n2)c(=O)c1=O. The average molecular weight is 237 g/mol. The zero-order valence-corrected chi connectivity index (χ0v) is 9.16. The summed E-state index contributed by atoms with van der Waals surface area (Å²) >= 11 is 0. The Balaban J connectivity index is 2.34. The van der Waals surface area contributed by atoms with Crippen molar-refractivity contribution in [3.8, 4) is 0 Å². The van der Waals surface area contributed by atoms with Gasteiger partial charge in [0.15, 0.2) is 5.82 Å². The summed E-state index contributed by atoms with van der Waals surface area (Å²) in [6.45, 7) is 0.219. The van der Waals surface area contributed by atoms with Gasteiger partial charge in [0.05, 0.1) is 13.1 Å². The normalized spacial score (nSPS) is 10.7. The molecule has 2 aromatic heterocycles. The summed E-state index contributed by atoms with van der Waals surface area (Å²) in [6, 6.07) is 0. The van der Waals surface area contributed by atoms with Gasteiger partial charge in [-0.1, -0.05) is 5.16 Å². The van der Waals surface area contributed by atoms with E-state index >= 15 is 0 Å². The second-order valence-corrected chi connectivity index (χ2v) is 3.46. The fraction of sp³-hybridized carbons (Fsp3) is 0.333. The lowest BCUT2D eigenvalue weighted by Gasteiger charge is -2.02. The molecule has 8 heteroatoms. The fourth-order valence-electron chi connectivity index (χ4n) is 1.30. The van der Waals surface area contributed by atoms with E-state index in [1.54, 1.807) is 0 Å². The summed E-state index contributed by atoms with van der Waals surface area (Å²) in [7, 11) is 1.51. The molecule has 17 heavy (non-hydrogen) atoms. The summed E-state index contributed by atoms with van der Waals surface area (Å²) < 4.78 is 7.22. The third-order valence-corrected chi connectivity index (χ3v) is 2.23. The van der Waals surface area contributed by atoms with Gasteiger partial charge in [0, 0.05) is 19.4 Å². The highest BCUT2D eigenvalue weighted by molar-refractivity contribution is 4.91. The predicted molar refractivity (Wildman–Crippen MR) is 57.2 cm³/mol. The number of nitrogens with two attached hydrogens (primary N) is 1. The lowest BCUT2D eigenvalue weighted by molar-refractivity contribution is 0.373. The molecule has 0 aliphatic rings. The molecule has 0 aliphatic carbocycles. The van der Waals surface area contributed by atoms with Gasteiger partial charge in [0.25, 0.3) is 0 Å². The average Bonchev–Trinajstić information content (AvgIpc) is 2.78. The van der Waals surface area contributed by atoms with Crippen LogP contribution in [0, 0.1) is 0 Å². The first kappa shape index (κ1) is 11.3. The molecule has 2 aromatic rings. The first-order valence-corrected chi connectivity index (χ1v) is 4.89. The van der Waals surface area contributed by atoms with Crippen molar-refractivity contribution in [1.29, 1.82) is 0 Å². The van der Waals surface area contributed by atoms with Crippen LogP contribution in [-0.4, -0.2) is 19.3 Å². The van der Waals surface area contributed by atoms with Crippen molar-refractivity contribution in [3.63, 3.8) is 0 Å². The van der Waals surface area contributed by atoms with E-state index in [0.29, 0.717) is 5.82 Å².